The Morgan fingerprint density at radius 2 is 1.94 bits per heavy atom. The normalized spacial score (nSPS) is 9.72. The van der Waals surface area contributed by atoms with Gasteiger partial charge in [0.05, 0.1) is 6.54 Å². The first-order chi connectivity index (χ1) is 8.34. The van der Waals surface area contributed by atoms with Gasteiger partial charge in [0, 0.05) is 27.6 Å². The van der Waals surface area contributed by atoms with E-state index in [9.17, 15) is 0 Å². The average molecular weight is 379 g/mol. The molecule has 0 amide bonds. The van der Waals surface area contributed by atoms with Crippen molar-refractivity contribution in [1.82, 2.24) is 0 Å². The number of aliphatic carboxylic acids is 1. The Balaban J connectivity index is 0.000000631. The number of benzene rings is 1. The number of hydrogen-bond donors (Lipinski definition) is 3. The molecule has 0 saturated heterocycles. The van der Waals surface area contributed by atoms with Crippen molar-refractivity contribution in [3.63, 3.8) is 0 Å². The summed E-state index contributed by atoms with van der Waals surface area (Å²) in [6, 6.07) is 5.79. The van der Waals surface area contributed by atoms with Crippen molar-refractivity contribution in [2.45, 2.75) is 6.92 Å². The molecule has 5 nitrogen and oxygen atoms in total. The molecule has 0 unspecified atom stereocenters. The Labute approximate surface area is 122 Å². The molecule has 0 fully saturated rings. The van der Waals surface area contributed by atoms with Crippen LogP contribution >= 0.6 is 31.9 Å². The van der Waals surface area contributed by atoms with Gasteiger partial charge in [-0.05, 0) is 12.1 Å². The van der Waals surface area contributed by atoms with Crippen LogP contribution in [0, 0.1) is 5.41 Å². The smallest absolute Gasteiger partial charge is 0.300 e. The number of carboxylic acid groups (broad SMARTS) is 1. The molecule has 0 bridgehead atoms. The van der Waals surface area contributed by atoms with Gasteiger partial charge in [0.25, 0.3) is 5.97 Å². The Hall–Kier alpha value is -1.21. The number of aliphatic imine (C=N–C) groups is 1. The van der Waals surface area contributed by atoms with Gasteiger partial charge in [0.15, 0.2) is 0 Å². The average Bonchev–Trinajstić information content (AvgIpc) is 2.21. The number of carbonyl (C=O) groups is 1. The fraction of sp³-hybridized carbons (Fsp3) is 0.182. The van der Waals surface area contributed by atoms with Crippen LogP contribution in [0.5, 0.6) is 0 Å². The molecule has 18 heavy (non-hydrogen) atoms. The SMILES string of the molecule is CC(=O)O.N=C(N)CN=Cc1c(Br)cccc1Br. The van der Waals surface area contributed by atoms with Gasteiger partial charge in [-0.2, -0.15) is 0 Å². The van der Waals surface area contributed by atoms with Crippen molar-refractivity contribution in [2.24, 2.45) is 10.7 Å². The molecule has 98 valence electrons. The third-order valence-electron chi connectivity index (χ3n) is 1.48. The fourth-order valence-electron chi connectivity index (χ4n) is 0.869. The van der Waals surface area contributed by atoms with Crippen LogP contribution in [0.1, 0.15) is 12.5 Å². The maximum Gasteiger partial charge on any atom is 0.300 e. The molecule has 0 atom stereocenters. The minimum atomic E-state index is -0.833. The first kappa shape index (κ1) is 16.8. The number of halogens is 2. The zero-order chi connectivity index (χ0) is 14.1. The van der Waals surface area contributed by atoms with Crippen LogP contribution in [0.15, 0.2) is 32.1 Å². The molecule has 0 heterocycles. The molecule has 0 aliphatic rings. The maximum atomic E-state index is 9.00. The van der Waals surface area contributed by atoms with Crippen LogP contribution < -0.4 is 5.73 Å². The van der Waals surface area contributed by atoms with E-state index in [1.165, 1.54) is 0 Å². The highest BCUT2D eigenvalue weighted by Gasteiger charge is 2.00. The molecule has 1 aromatic rings. The summed E-state index contributed by atoms with van der Waals surface area (Å²) in [7, 11) is 0. The number of carboxylic acids is 1. The van der Waals surface area contributed by atoms with Crippen LogP contribution in [0.25, 0.3) is 0 Å². The van der Waals surface area contributed by atoms with E-state index in [4.69, 9.17) is 21.0 Å². The lowest BCUT2D eigenvalue weighted by Crippen LogP contribution is -2.13. The van der Waals surface area contributed by atoms with E-state index < -0.39 is 5.97 Å². The van der Waals surface area contributed by atoms with Gasteiger partial charge in [-0.15, -0.1) is 0 Å². The van der Waals surface area contributed by atoms with Crippen molar-refractivity contribution in [2.75, 3.05) is 6.54 Å². The quantitative estimate of drug-likeness (QED) is 0.556. The summed E-state index contributed by atoms with van der Waals surface area (Å²) < 4.78 is 1.92. The number of rotatable bonds is 3. The van der Waals surface area contributed by atoms with Gasteiger partial charge in [0.1, 0.15) is 5.84 Å². The summed E-state index contributed by atoms with van der Waals surface area (Å²) in [6.07, 6.45) is 1.69. The third-order valence-corrected chi connectivity index (χ3v) is 2.86. The second-order valence-corrected chi connectivity index (χ2v) is 4.86. The van der Waals surface area contributed by atoms with Gasteiger partial charge in [-0.25, -0.2) is 0 Å². The summed E-state index contributed by atoms with van der Waals surface area (Å²) in [6.45, 7) is 1.31. The van der Waals surface area contributed by atoms with E-state index in [1.54, 1.807) is 6.21 Å². The first-order valence-corrected chi connectivity index (χ1v) is 6.39. The Morgan fingerprint density at radius 3 is 2.33 bits per heavy atom. The predicted molar refractivity (Wildman–Crippen MR) is 79.5 cm³/mol. The maximum absolute atomic E-state index is 9.00. The lowest BCUT2D eigenvalue weighted by molar-refractivity contribution is -0.134. The number of nitrogens with one attached hydrogen (secondary N) is 1. The van der Waals surface area contributed by atoms with Crippen LogP contribution in [0.3, 0.4) is 0 Å². The van der Waals surface area contributed by atoms with Crippen molar-refractivity contribution < 1.29 is 9.90 Å². The second-order valence-electron chi connectivity index (χ2n) is 3.15. The van der Waals surface area contributed by atoms with E-state index in [1.807, 2.05) is 18.2 Å². The lowest BCUT2D eigenvalue weighted by Gasteiger charge is -2.00. The lowest BCUT2D eigenvalue weighted by atomic mass is 10.2. The highest BCUT2D eigenvalue weighted by atomic mass is 79.9. The van der Waals surface area contributed by atoms with Gasteiger partial charge in [-0.3, -0.25) is 15.2 Å². The van der Waals surface area contributed by atoms with Crippen LogP contribution in [-0.2, 0) is 4.79 Å². The third kappa shape index (κ3) is 7.97. The molecule has 0 saturated carbocycles. The number of hydrogen-bond acceptors (Lipinski definition) is 3. The molecular weight excluding hydrogens is 366 g/mol. The fourth-order valence-corrected chi connectivity index (χ4v) is 2.07. The van der Waals surface area contributed by atoms with E-state index in [2.05, 4.69) is 36.9 Å². The Kier molecular flexibility index (Phi) is 8.23. The topological polar surface area (TPSA) is 99.5 Å². The van der Waals surface area contributed by atoms with Crippen molar-refractivity contribution in [3.8, 4) is 0 Å². The highest BCUT2D eigenvalue weighted by Crippen LogP contribution is 2.23. The number of nitrogens with zero attached hydrogens (tertiary/aromatic N) is 1. The van der Waals surface area contributed by atoms with Crippen LogP contribution in [0.2, 0.25) is 0 Å². The zero-order valence-corrected chi connectivity index (χ0v) is 12.8. The van der Waals surface area contributed by atoms with E-state index >= 15 is 0 Å². The summed E-state index contributed by atoms with van der Waals surface area (Å²) in [4.78, 5) is 13.0. The van der Waals surface area contributed by atoms with Crippen molar-refractivity contribution in [3.05, 3.63) is 32.7 Å². The Bertz CT molecular complexity index is 437. The molecular formula is C11H13Br2N3O2. The predicted octanol–water partition coefficient (Wildman–Crippen LogP) is 2.66. The molecule has 0 aliphatic heterocycles. The standard InChI is InChI=1S/C9H9Br2N3.C2H4O2/c10-7-2-1-3-8(11)6(7)4-14-5-9(12)13;1-2(3)4/h1-4H,5H2,(H3,12,13);1H3,(H,3,4). The molecule has 0 radical (unpaired) electrons. The van der Waals surface area contributed by atoms with Crippen LogP contribution in [0.4, 0.5) is 0 Å². The summed E-state index contributed by atoms with van der Waals surface area (Å²) in [5.74, 6) is -0.774. The van der Waals surface area contributed by atoms with E-state index in [0.29, 0.717) is 0 Å². The van der Waals surface area contributed by atoms with E-state index in [-0.39, 0.29) is 12.4 Å². The molecule has 4 N–H and O–H groups in total. The molecule has 1 aromatic carbocycles. The minimum Gasteiger partial charge on any atom is -0.481 e. The van der Waals surface area contributed by atoms with Gasteiger partial charge in [0.2, 0.25) is 0 Å². The largest absolute Gasteiger partial charge is 0.481 e. The number of nitrogens with two attached hydrogens (primary N) is 1. The highest BCUT2D eigenvalue weighted by molar-refractivity contribution is 9.11. The summed E-state index contributed by atoms with van der Waals surface area (Å²) in [5.41, 5.74) is 6.13. The minimum absolute atomic E-state index is 0.0597. The van der Waals surface area contributed by atoms with Gasteiger partial charge < -0.3 is 10.8 Å². The second kappa shape index (κ2) is 8.82. The van der Waals surface area contributed by atoms with Gasteiger partial charge >= 0.3 is 0 Å². The monoisotopic (exact) mass is 377 g/mol. The molecule has 7 heteroatoms. The number of amidine groups is 1. The molecule has 0 spiro atoms. The van der Waals surface area contributed by atoms with Crippen LogP contribution in [-0.4, -0.2) is 29.7 Å². The summed E-state index contributed by atoms with van der Waals surface area (Å²) >= 11 is 6.82. The first-order valence-electron chi connectivity index (χ1n) is 4.81. The van der Waals surface area contributed by atoms with E-state index in [0.717, 1.165) is 21.4 Å². The van der Waals surface area contributed by atoms with Crippen molar-refractivity contribution >= 4 is 49.9 Å². The molecule has 1 rings (SSSR count). The van der Waals surface area contributed by atoms with Gasteiger partial charge in [-0.1, -0.05) is 37.9 Å². The molecule has 0 aliphatic carbocycles. The zero-order valence-electron chi connectivity index (χ0n) is 9.65. The summed E-state index contributed by atoms with van der Waals surface area (Å²) in [5, 5.41) is 14.4. The Morgan fingerprint density at radius 1 is 1.50 bits per heavy atom. The molecule has 0 aromatic heterocycles. The van der Waals surface area contributed by atoms with Crippen molar-refractivity contribution in [1.29, 1.82) is 5.41 Å².